The fourth-order valence-corrected chi connectivity index (χ4v) is 5.27. The van der Waals surface area contributed by atoms with Gasteiger partial charge in [-0.15, -0.1) is 0 Å². The van der Waals surface area contributed by atoms with E-state index in [1.165, 1.54) is 4.31 Å². The van der Waals surface area contributed by atoms with Crippen LogP contribution >= 0.6 is 0 Å². The molecule has 1 aliphatic rings. The summed E-state index contributed by atoms with van der Waals surface area (Å²) in [6.45, 7) is 7.78. The molecule has 1 atom stereocenters. The van der Waals surface area contributed by atoms with E-state index in [1.807, 2.05) is 56.3 Å². The molecule has 0 radical (unpaired) electrons. The molecular weight excluding hydrogens is 414 g/mol. The van der Waals surface area contributed by atoms with Gasteiger partial charge < -0.3 is 14.5 Å². The molecule has 1 fully saturated rings. The van der Waals surface area contributed by atoms with Crippen molar-refractivity contribution in [1.82, 2.24) is 4.90 Å². The Balaban J connectivity index is 1.78. The first-order valence-corrected chi connectivity index (χ1v) is 12.2. The summed E-state index contributed by atoms with van der Waals surface area (Å²) < 4.78 is 32.0. The molecule has 2 aromatic carbocycles. The van der Waals surface area contributed by atoms with Crippen molar-refractivity contribution in [3.63, 3.8) is 0 Å². The standard InChI is InChI=1S/C23H31N3O4S/c1-17-10-11-18(2)21(16-17)26(31(5,28)29)19(3)23(27)25-14-12-24(13-15-25)20-8-6-7-9-22(20)30-4/h6-11,16,19H,12-15H2,1-5H3/t19-/m1/s1. The van der Waals surface area contributed by atoms with Gasteiger partial charge in [0.25, 0.3) is 0 Å². The maximum Gasteiger partial charge on any atom is 0.246 e. The van der Waals surface area contributed by atoms with Gasteiger partial charge in [-0.05, 0) is 50.1 Å². The number of sulfonamides is 1. The highest BCUT2D eigenvalue weighted by Gasteiger charge is 2.34. The van der Waals surface area contributed by atoms with Gasteiger partial charge in [-0.25, -0.2) is 8.42 Å². The van der Waals surface area contributed by atoms with Gasteiger partial charge in [0.1, 0.15) is 11.8 Å². The number of piperazine rings is 1. The Bertz CT molecular complexity index is 1050. The zero-order valence-electron chi connectivity index (χ0n) is 18.8. The Morgan fingerprint density at radius 3 is 2.32 bits per heavy atom. The summed E-state index contributed by atoms with van der Waals surface area (Å²) in [6.07, 6.45) is 1.15. The van der Waals surface area contributed by atoms with Gasteiger partial charge in [0, 0.05) is 26.2 Å². The fourth-order valence-electron chi connectivity index (χ4n) is 4.05. The van der Waals surface area contributed by atoms with Crippen LogP contribution in [0, 0.1) is 13.8 Å². The molecule has 7 nitrogen and oxygen atoms in total. The highest BCUT2D eigenvalue weighted by Crippen LogP contribution is 2.30. The SMILES string of the molecule is COc1ccccc1N1CCN(C(=O)[C@@H](C)N(c2cc(C)ccc2C)S(C)(=O)=O)CC1. The minimum Gasteiger partial charge on any atom is -0.495 e. The molecular formula is C23H31N3O4S. The van der Waals surface area contributed by atoms with Crippen LogP contribution in [0.3, 0.4) is 0 Å². The van der Waals surface area contributed by atoms with Crippen molar-refractivity contribution in [2.24, 2.45) is 0 Å². The maximum atomic E-state index is 13.3. The van der Waals surface area contributed by atoms with Crippen LogP contribution in [0.2, 0.25) is 0 Å². The second kappa shape index (κ2) is 9.18. The maximum absolute atomic E-state index is 13.3. The molecule has 0 aromatic heterocycles. The molecule has 31 heavy (non-hydrogen) atoms. The molecule has 0 N–H and O–H groups in total. The zero-order chi connectivity index (χ0) is 22.8. The van der Waals surface area contributed by atoms with Gasteiger partial charge in [-0.1, -0.05) is 24.3 Å². The zero-order valence-corrected chi connectivity index (χ0v) is 19.6. The van der Waals surface area contributed by atoms with Gasteiger partial charge in [0.05, 0.1) is 24.7 Å². The molecule has 0 unspecified atom stereocenters. The number of aryl methyl sites for hydroxylation is 2. The first-order valence-electron chi connectivity index (χ1n) is 10.4. The number of methoxy groups -OCH3 is 1. The fraction of sp³-hybridized carbons (Fsp3) is 0.435. The Labute approximate surface area is 185 Å². The lowest BCUT2D eigenvalue weighted by Gasteiger charge is -2.39. The highest BCUT2D eigenvalue weighted by atomic mass is 32.2. The van der Waals surface area contributed by atoms with Crippen molar-refractivity contribution < 1.29 is 17.9 Å². The van der Waals surface area contributed by atoms with Crippen LogP contribution < -0.4 is 13.9 Å². The number of anilines is 2. The molecule has 2 aromatic rings. The number of rotatable bonds is 6. The lowest BCUT2D eigenvalue weighted by molar-refractivity contribution is -0.132. The van der Waals surface area contributed by atoms with Crippen LogP contribution in [0.1, 0.15) is 18.1 Å². The monoisotopic (exact) mass is 445 g/mol. The van der Waals surface area contributed by atoms with Crippen LogP contribution in [0.25, 0.3) is 0 Å². The number of carbonyl (C=O) groups excluding carboxylic acids is 1. The summed E-state index contributed by atoms with van der Waals surface area (Å²) >= 11 is 0. The third kappa shape index (κ3) is 4.95. The molecule has 3 rings (SSSR count). The Morgan fingerprint density at radius 1 is 1.06 bits per heavy atom. The largest absolute Gasteiger partial charge is 0.495 e. The van der Waals surface area contributed by atoms with E-state index < -0.39 is 16.1 Å². The number of ether oxygens (including phenoxy) is 1. The van der Waals surface area contributed by atoms with E-state index in [0.29, 0.717) is 31.9 Å². The third-order valence-electron chi connectivity index (χ3n) is 5.69. The van der Waals surface area contributed by atoms with Crippen LogP contribution in [0.4, 0.5) is 11.4 Å². The van der Waals surface area contributed by atoms with Gasteiger partial charge in [-0.2, -0.15) is 0 Å². The van der Waals surface area contributed by atoms with E-state index in [0.717, 1.165) is 28.8 Å². The second-order valence-corrected chi connectivity index (χ2v) is 9.87. The molecule has 1 saturated heterocycles. The van der Waals surface area contributed by atoms with Gasteiger partial charge in [0.15, 0.2) is 0 Å². The summed E-state index contributed by atoms with van der Waals surface area (Å²) in [5, 5.41) is 0. The minimum atomic E-state index is -3.64. The molecule has 0 bridgehead atoms. The van der Waals surface area contributed by atoms with Crippen molar-refractivity contribution in [2.75, 3.05) is 48.7 Å². The minimum absolute atomic E-state index is 0.189. The molecule has 168 valence electrons. The average Bonchev–Trinajstić information content (AvgIpc) is 2.75. The van der Waals surface area contributed by atoms with E-state index in [2.05, 4.69) is 4.90 Å². The van der Waals surface area contributed by atoms with E-state index in [9.17, 15) is 13.2 Å². The number of para-hydroxylation sites is 2. The molecule has 1 amide bonds. The average molecular weight is 446 g/mol. The first-order chi connectivity index (χ1) is 14.6. The summed E-state index contributed by atoms with van der Waals surface area (Å²) in [5.74, 6) is 0.611. The topological polar surface area (TPSA) is 70.2 Å². The molecule has 1 heterocycles. The predicted octanol–water partition coefficient (Wildman–Crippen LogP) is 2.82. The first kappa shape index (κ1) is 22.9. The van der Waals surface area contributed by atoms with Crippen molar-refractivity contribution >= 4 is 27.3 Å². The summed E-state index contributed by atoms with van der Waals surface area (Å²) in [4.78, 5) is 17.2. The van der Waals surface area contributed by atoms with Crippen molar-refractivity contribution in [1.29, 1.82) is 0 Å². The molecule has 0 aliphatic carbocycles. The third-order valence-corrected chi connectivity index (χ3v) is 6.91. The second-order valence-electron chi connectivity index (χ2n) is 8.01. The van der Waals surface area contributed by atoms with Crippen LogP contribution in [-0.2, 0) is 14.8 Å². The summed E-state index contributed by atoms with van der Waals surface area (Å²) in [7, 11) is -2.00. The summed E-state index contributed by atoms with van der Waals surface area (Å²) in [6, 6.07) is 12.6. The summed E-state index contributed by atoms with van der Waals surface area (Å²) in [5.41, 5.74) is 3.31. The number of hydrogen-bond acceptors (Lipinski definition) is 5. The Morgan fingerprint density at radius 2 is 1.71 bits per heavy atom. The number of nitrogens with zero attached hydrogens (tertiary/aromatic N) is 3. The number of benzene rings is 2. The number of hydrogen-bond donors (Lipinski definition) is 0. The van der Waals surface area contributed by atoms with Crippen molar-refractivity contribution in [3.05, 3.63) is 53.6 Å². The number of amides is 1. The molecule has 1 aliphatic heterocycles. The lowest BCUT2D eigenvalue weighted by Crippen LogP contribution is -2.55. The van der Waals surface area contributed by atoms with E-state index in [1.54, 1.807) is 18.9 Å². The normalized spacial score (nSPS) is 15.5. The van der Waals surface area contributed by atoms with Gasteiger partial charge >= 0.3 is 0 Å². The molecule has 0 spiro atoms. The number of carbonyl (C=O) groups is 1. The van der Waals surface area contributed by atoms with Crippen LogP contribution in [0.15, 0.2) is 42.5 Å². The van der Waals surface area contributed by atoms with Gasteiger partial charge in [-0.3, -0.25) is 9.10 Å². The van der Waals surface area contributed by atoms with E-state index in [-0.39, 0.29) is 5.91 Å². The quantitative estimate of drug-likeness (QED) is 0.684. The van der Waals surface area contributed by atoms with Gasteiger partial charge in [0.2, 0.25) is 15.9 Å². The predicted molar refractivity (Wildman–Crippen MR) is 124 cm³/mol. The Kier molecular flexibility index (Phi) is 6.79. The van der Waals surface area contributed by atoms with Crippen LogP contribution in [0.5, 0.6) is 5.75 Å². The molecule has 0 saturated carbocycles. The lowest BCUT2D eigenvalue weighted by atomic mass is 10.1. The smallest absolute Gasteiger partial charge is 0.246 e. The van der Waals surface area contributed by atoms with Crippen LogP contribution in [-0.4, -0.2) is 64.8 Å². The van der Waals surface area contributed by atoms with Crippen molar-refractivity contribution in [2.45, 2.75) is 26.8 Å². The van der Waals surface area contributed by atoms with E-state index >= 15 is 0 Å². The Hall–Kier alpha value is -2.74. The van der Waals surface area contributed by atoms with Crippen molar-refractivity contribution in [3.8, 4) is 5.75 Å². The molecule has 8 heteroatoms. The highest BCUT2D eigenvalue weighted by molar-refractivity contribution is 7.92. The van der Waals surface area contributed by atoms with E-state index in [4.69, 9.17) is 4.74 Å².